The van der Waals surface area contributed by atoms with E-state index in [1.807, 2.05) is 26.2 Å². The smallest absolute Gasteiger partial charge is 0.358 e. The van der Waals surface area contributed by atoms with Crippen molar-refractivity contribution in [3.63, 3.8) is 0 Å². The summed E-state index contributed by atoms with van der Waals surface area (Å²) >= 11 is 1.43. The second-order valence-electron chi connectivity index (χ2n) is 5.97. The lowest BCUT2D eigenvalue weighted by Crippen LogP contribution is -2.25. The van der Waals surface area contributed by atoms with Crippen LogP contribution in [0, 0.1) is 10.1 Å². The van der Waals surface area contributed by atoms with Crippen LogP contribution in [0.4, 0.5) is 11.4 Å². The Labute approximate surface area is 150 Å². The maximum atomic E-state index is 11.7. The predicted molar refractivity (Wildman–Crippen MR) is 104 cm³/mol. The Kier molecular flexibility index (Phi) is 4.67. The van der Waals surface area contributed by atoms with Crippen LogP contribution in [0.15, 0.2) is 30.3 Å². The fourth-order valence-electron chi connectivity index (χ4n) is 2.98. The molecule has 1 aliphatic heterocycles. The van der Waals surface area contributed by atoms with Gasteiger partial charge in [0.05, 0.1) is 20.8 Å². The van der Waals surface area contributed by atoms with Crippen molar-refractivity contribution in [1.29, 1.82) is 0 Å². The number of hydrogen-bond acceptors (Lipinski definition) is 5. The number of nitro benzene ring substituents is 1. The van der Waals surface area contributed by atoms with Gasteiger partial charge in [0, 0.05) is 24.8 Å². The molecule has 130 valence electrons. The molecule has 6 nitrogen and oxygen atoms in total. The van der Waals surface area contributed by atoms with Gasteiger partial charge < -0.3 is 4.90 Å². The van der Waals surface area contributed by atoms with E-state index in [4.69, 9.17) is 0 Å². The van der Waals surface area contributed by atoms with E-state index in [-0.39, 0.29) is 10.6 Å². The maximum absolute atomic E-state index is 11.7. The van der Waals surface area contributed by atoms with Crippen molar-refractivity contribution in [3.8, 4) is 10.6 Å². The molecule has 0 amide bonds. The highest BCUT2D eigenvalue weighted by Crippen LogP contribution is 2.36. The van der Waals surface area contributed by atoms with Crippen LogP contribution in [0.5, 0.6) is 0 Å². The van der Waals surface area contributed by atoms with Crippen LogP contribution >= 0.6 is 11.3 Å². The van der Waals surface area contributed by atoms with Gasteiger partial charge in [0.25, 0.3) is 5.36 Å². The van der Waals surface area contributed by atoms with Crippen molar-refractivity contribution in [2.45, 2.75) is 13.8 Å². The molecule has 0 unspecified atom stereocenters. The molecular formula is C18H21N4O2S+. The van der Waals surface area contributed by atoms with E-state index in [0.717, 1.165) is 29.0 Å². The van der Waals surface area contributed by atoms with Crippen molar-refractivity contribution in [3.05, 3.63) is 45.8 Å². The molecule has 0 saturated heterocycles. The topological polar surface area (TPSA) is 62.3 Å². The van der Waals surface area contributed by atoms with Crippen LogP contribution in [0.2, 0.25) is 0 Å². The summed E-state index contributed by atoms with van der Waals surface area (Å²) in [4.78, 5) is 18.9. The molecule has 0 saturated carbocycles. The molecule has 0 aromatic heterocycles. The lowest BCUT2D eigenvalue weighted by molar-refractivity contribution is -0.385. The van der Waals surface area contributed by atoms with Crippen LogP contribution < -0.4 is 14.8 Å². The number of hydrogen-bond donors (Lipinski definition) is 0. The van der Waals surface area contributed by atoms with Gasteiger partial charge in [-0.05, 0) is 38.1 Å². The predicted octanol–water partition coefficient (Wildman–Crippen LogP) is 3.19. The Bertz CT molecular complexity index is 988. The van der Waals surface area contributed by atoms with E-state index >= 15 is 0 Å². The molecule has 3 rings (SSSR count). The summed E-state index contributed by atoms with van der Waals surface area (Å²) in [5, 5.41) is 12.3. The van der Waals surface area contributed by atoms with Crippen molar-refractivity contribution in [2.75, 3.05) is 32.1 Å². The first-order chi connectivity index (χ1) is 12.0. The van der Waals surface area contributed by atoms with Gasteiger partial charge in [-0.3, -0.25) is 10.1 Å². The van der Waals surface area contributed by atoms with Crippen LogP contribution in [-0.4, -0.2) is 37.1 Å². The quantitative estimate of drug-likeness (QED) is 0.311. The minimum absolute atomic E-state index is 0.121. The third-order valence-electron chi connectivity index (χ3n) is 4.28. The van der Waals surface area contributed by atoms with Crippen molar-refractivity contribution >= 4 is 32.9 Å². The summed E-state index contributed by atoms with van der Waals surface area (Å²) < 4.78 is 2.72. The largest absolute Gasteiger partial charge is 0.372 e. The Morgan fingerprint density at radius 1 is 1.16 bits per heavy atom. The van der Waals surface area contributed by atoms with Gasteiger partial charge in [0.2, 0.25) is 0 Å². The van der Waals surface area contributed by atoms with Gasteiger partial charge in [0.1, 0.15) is 19.0 Å². The number of aromatic nitrogens is 1. The van der Waals surface area contributed by atoms with E-state index in [1.54, 1.807) is 10.6 Å². The fourth-order valence-corrected chi connectivity index (χ4v) is 4.09. The molecule has 1 aromatic carbocycles. The Balaban J connectivity index is 2.35. The molecule has 2 aliphatic rings. The average molecular weight is 357 g/mol. The van der Waals surface area contributed by atoms with Gasteiger partial charge in [-0.1, -0.05) is 0 Å². The average Bonchev–Trinajstić information content (AvgIpc) is 2.59. The van der Waals surface area contributed by atoms with Crippen molar-refractivity contribution in [2.24, 2.45) is 0 Å². The van der Waals surface area contributed by atoms with E-state index in [0.29, 0.717) is 15.9 Å². The van der Waals surface area contributed by atoms with E-state index in [1.165, 1.54) is 11.3 Å². The SMILES string of the molecule is CCN(CC)c1ccc2nc3ccc(=[N+](C)C)c([N+](=O)[O-])c-3sc2c1. The third-order valence-corrected chi connectivity index (χ3v) is 5.43. The maximum Gasteiger partial charge on any atom is 0.358 e. The molecule has 1 aromatic rings. The van der Waals surface area contributed by atoms with E-state index < -0.39 is 0 Å². The second kappa shape index (κ2) is 6.76. The molecule has 7 heteroatoms. The molecule has 1 heterocycles. The highest BCUT2D eigenvalue weighted by molar-refractivity contribution is 7.21. The number of rotatable bonds is 4. The summed E-state index contributed by atoms with van der Waals surface area (Å²) in [6, 6.07) is 9.74. The second-order valence-corrected chi connectivity index (χ2v) is 7.02. The minimum atomic E-state index is -0.310. The Hall–Kier alpha value is -2.54. The molecule has 0 atom stereocenters. The normalized spacial score (nSPS) is 11.0. The van der Waals surface area contributed by atoms with Crippen LogP contribution in [0.3, 0.4) is 0 Å². The number of nitro groups is 1. The minimum Gasteiger partial charge on any atom is -0.372 e. The van der Waals surface area contributed by atoms with Crippen molar-refractivity contribution < 1.29 is 4.92 Å². The van der Waals surface area contributed by atoms with Crippen molar-refractivity contribution in [1.82, 2.24) is 9.56 Å². The van der Waals surface area contributed by atoms with E-state index in [9.17, 15) is 10.1 Å². The first kappa shape index (κ1) is 17.3. The Morgan fingerprint density at radius 2 is 1.88 bits per heavy atom. The molecular weight excluding hydrogens is 336 g/mol. The van der Waals surface area contributed by atoms with Crippen LogP contribution in [0.25, 0.3) is 20.8 Å². The zero-order valence-corrected chi connectivity index (χ0v) is 15.6. The van der Waals surface area contributed by atoms with Crippen LogP contribution in [0.1, 0.15) is 13.8 Å². The lowest BCUT2D eigenvalue weighted by Gasteiger charge is -2.21. The zero-order chi connectivity index (χ0) is 18.1. The molecule has 0 radical (unpaired) electrons. The standard InChI is InChI=1S/C18H21N4O2S/c1-5-21(6-2)12-7-8-13-16(11-12)25-18-14(19-13)9-10-15(20(3)4)17(18)22(23)24/h7-11H,5-6H2,1-4H3/q+1. The van der Waals surface area contributed by atoms with Gasteiger partial charge in [-0.15, -0.1) is 11.3 Å². The fraction of sp³-hybridized carbons (Fsp3) is 0.333. The lowest BCUT2D eigenvalue weighted by atomic mass is 10.2. The molecule has 0 bridgehead atoms. The summed E-state index contributed by atoms with van der Waals surface area (Å²) in [7, 11) is 3.62. The van der Waals surface area contributed by atoms with Crippen LogP contribution in [-0.2, 0) is 0 Å². The first-order valence-electron chi connectivity index (χ1n) is 8.23. The summed E-state index contributed by atoms with van der Waals surface area (Å²) in [5.74, 6) is 0. The van der Waals surface area contributed by atoms with Gasteiger partial charge in [-0.25, -0.2) is 9.56 Å². The number of nitrogens with zero attached hydrogens (tertiary/aromatic N) is 4. The van der Waals surface area contributed by atoms with E-state index in [2.05, 4.69) is 35.9 Å². The molecule has 0 spiro atoms. The highest BCUT2D eigenvalue weighted by Gasteiger charge is 2.26. The number of anilines is 1. The number of benzene rings is 2. The third kappa shape index (κ3) is 3.07. The van der Waals surface area contributed by atoms with Gasteiger partial charge in [0.15, 0.2) is 0 Å². The zero-order valence-electron chi connectivity index (χ0n) is 14.8. The van der Waals surface area contributed by atoms with Gasteiger partial charge >= 0.3 is 5.69 Å². The summed E-state index contributed by atoms with van der Waals surface area (Å²) in [6.07, 6.45) is 0. The summed E-state index contributed by atoms with van der Waals surface area (Å²) in [6.45, 7) is 6.06. The molecule has 25 heavy (non-hydrogen) atoms. The highest BCUT2D eigenvalue weighted by atomic mass is 32.1. The number of fused-ring (bicyclic) bond motifs is 2. The molecule has 1 aliphatic carbocycles. The monoisotopic (exact) mass is 357 g/mol. The van der Waals surface area contributed by atoms with Gasteiger partial charge in [-0.2, -0.15) is 0 Å². The molecule has 0 fully saturated rings. The summed E-state index contributed by atoms with van der Waals surface area (Å²) in [5.41, 5.74) is 2.75. The molecule has 0 N–H and O–H groups in total. The Morgan fingerprint density at radius 3 is 2.48 bits per heavy atom. The first-order valence-corrected chi connectivity index (χ1v) is 9.05.